The van der Waals surface area contributed by atoms with Crippen LogP contribution in [-0.2, 0) is 0 Å². The lowest BCUT2D eigenvalue weighted by atomic mass is 9.98. The predicted molar refractivity (Wildman–Crippen MR) is 131 cm³/mol. The molecule has 0 aromatic heterocycles. The van der Waals surface area contributed by atoms with Crippen LogP contribution in [0.2, 0.25) is 0 Å². The van der Waals surface area contributed by atoms with Gasteiger partial charge >= 0.3 is 0 Å². The summed E-state index contributed by atoms with van der Waals surface area (Å²) in [4.78, 5) is 14.6. The van der Waals surface area contributed by atoms with Crippen LogP contribution >= 0.6 is 0 Å². The molecule has 30 heavy (non-hydrogen) atoms. The molecule has 0 heterocycles. The van der Waals surface area contributed by atoms with Gasteiger partial charge in [0.05, 0.1) is 0 Å². The highest BCUT2D eigenvalue weighted by atomic mass is 16.1. The van der Waals surface area contributed by atoms with Crippen LogP contribution in [0.25, 0.3) is 6.08 Å². The summed E-state index contributed by atoms with van der Waals surface area (Å²) in [5.41, 5.74) is 7.80. The quantitative estimate of drug-likeness (QED) is 0.377. The van der Waals surface area contributed by atoms with Crippen molar-refractivity contribution in [2.24, 2.45) is 5.92 Å². The van der Waals surface area contributed by atoms with Crippen LogP contribution in [0.15, 0.2) is 47.2 Å². The minimum absolute atomic E-state index is 0.00514. The Morgan fingerprint density at radius 3 is 2.40 bits per heavy atom. The van der Waals surface area contributed by atoms with E-state index in [0.717, 1.165) is 43.6 Å². The molecule has 0 radical (unpaired) electrons. The molecule has 0 aliphatic rings. The Balaban J connectivity index is 2.43. The van der Waals surface area contributed by atoms with Crippen LogP contribution in [0.1, 0.15) is 83.1 Å². The van der Waals surface area contributed by atoms with Gasteiger partial charge in [-0.1, -0.05) is 51.0 Å². The number of allylic oxidation sites excluding steroid dienone is 2. The maximum absolute atomic E-state index is 12.3. The highest BCUT2D eigenvalue weighted by Gasteiger charge is 2.06. The Morgan fingerprint density at radius 1 is 1.13 bits per heavy atom. The van der Waals surface area contributed by atoms with Crippen molar-refractivity contribution in [1.29, 1.82) is 0 Å². The number of nitrogens with one attached hydrogen (secondary N) is 1. The maximum Gasteiger partial charge on any atom is 0.251 e. The van der Waals surface area contributed by atoms with E-state index in [2.05, 4.69) is 69.6 Å². The largest absolute Gasteiger partial charge is 0.351 e. The molecule has 0 fully saturated rings. The summed E-state index contributed by atoms with van der Waals surface area (Å²) >= 11 is 0. The molecule has 3 nitrogen and oxygen atoms in total. The van der Waals surface area contributed by atoms with Crippen LogP contribution in [0.5, 0.6) is 0 Å². The molecule has 0 saturated carbocycles. The van der Waals surface area contributed by atoms with Crippen molar-refractivity contribution in [3.63, 3.8) is 0 Å². The molecule has 0 bridgehead atoms. The number of hydrogen-bond acceptors (Lipinski definition) is 2. The molecule has 1 aromatic carbocycles. The lowest BCUT2D eigenvalue weighted by Gasteiger charge is -2.17. The first-order chi connectivity index (χ1) is 14.3. The molecule has 1 N–H and O–H groups in total. The third kappa shape index (κ3) is 11.2. The molecular weight excluding hydrogens is 368 g/mol. The SMILES string of the molecule is CCN(CC)CCNC(=O)c1ccc(C=C(C)CCCC(C)CC=C=C(C)C)cc1. The molecule has 1 aromatic rings. The number of nitrogens with zero attached hydrogens (tertiary/aromatic N) is 1. The van der Waals surface area contributed by atoms with Crippen molar-refractivity contribution in [3.05, 3.63) is 58.3 Å². The van der Waals surface area contributed by atoms with Crippen LogP contribution < -0.4 is 5.32 Å². The Labute approximate surface area is 184 Å². The number of carbonyl (C=O) groups excluding carboxylic acids is 1. The molecule has 0 spiro atoms. The maximum atomic E-state index is 12.3. The van der Waals surface area contributed by atoms with Gasteiger partial charge in [0, 0.05) is 18.7 Å². The fourth-order valence-electron chi connectivity index (χ4n) is 3.37. The zero-order valence-corrected chi connectivity index (χ0v) is 20.1. The van der Waals surface area contributed by atoms with Crippen LogP contribution in [0, 0.1) is 5.92 Å². The standard InChI is InChI=1S/C27H42N2O/c1-7-29(8-2)20-19-28-27(30)26-17-15-25(16-18-26)21-24(6)14-10-13-23(5)12-9-11-22(3)4/h9,15-18,21,23H,7-8,10,12-14,19-20H2,1-6H3,(H,28,30). The van der Waals surface area contributed by atoms with Crippen molar-refractivity contribution in [3.8, 4) is 0 Å². The summed E-state index contributed by atoms with van der Waals surface area (Å²) in [6.07, 6.45) is 9.06. The van der Waals surface area contributed by atoms with E-state index in [9.17, 15) is 4.79 Å². The van der Waals surface area contributed by atoms with Gasteiger partial charge in [0.1, 0.15) is 0 Å². The summed E-state index contributed by atoms with van der Waals surface area (Å²) < 4.78 is 0. The van der Waals surface area contributed by atoms with Gasteiger partial charge in [-0.3, -0.25) is 4.79 Å². The second-order valence-corrected chi connectivity index (χ2v) is 8.48. The summed E-state index contributed by atoms with van der Waals surface area (Å²) in [6.45, 7) is 16.6. The number of amides is 1. The number of likely N-dealkylation sites (N-methyl/N-ethyl adjacent to an activating group) is 1. The van der Waals surface area contributed by atoms with Crippen molar-refractivity contribution >= 4 is 12.0 Å². The van der Waals surface area contributed by atoms with E-state index in [4.69, 9.17) is 0 Å². The summed E-state index contributed by atoms with van der Waals surface area (Å²) in [6, 6.07) is 7.91. The number of rotatable bonds is 13. The molecule has 0 saturated heterocycles. The van der Waals surface area contributed by atoms with Gasteiger partial charge in [0.2, 0.25) is 0 Å². The first-order valence-electron chi connectivity index (χ1n) is 11.5. The van der Waals surface area contributed by atoms with Crippen molar-refractivity contribution in [2.45, 2.75) is 67.2 Å². The highest BCUT2D eigenvalue weighted by Crippen LogP contribution is 2.17. The van der Waals surface area contributed by atoms with Crippen LogP contribution in [0.4, 0.5) is 0 Å². The van der Waals surface area contributed by atoms with Gasteiger partial charge in [0.15, 0.2) is 0 Å². The molecule has 3 heteroatoms. The molecule has 1 unspecified atom stereocenters. The summed E-state index contributed by atoms with van der Waals surface area (Å²) in [7, 11) is 0. The van der Waals surface area contributed by atoms with Crippen molar-refractivity contribution < 1.29 is 4.79 Å². The van der Waals surface area contributed by atoms with Crippen LogP contribution in [0.3, 0.4) is 0 Å². The van der Waals surface area contributed by atoms with E-state index >= 15 is 0 Å². The highest BCUT2D eigenvalue weighted by molar-refractivity contribution is 5.94. The molecule has 166 valence electrons. The van der Waals surface area contributed by atoms with Gasteiger partial charge in [-0.05, 0) is 88.4 Å². The van der Waals surface area contributed by atoms with Crippen LogP contribution in [-0.4, -0.2) is 37.0 Å². The zero-order chi connectivity index (χ0) is 22.4. The molecule has 1 amide bonds. The third-order valence-corrected chi connectivity index (χ3v) is 5.37. The van der Waals surface area contributed by atoms with Gasteiger partial charge in [-0.2, -0.15) is 0 Å². The first-order valence-corrected chi connectivity index (χ1v) is 11.5. The van der Waals surface area contributed by atoms with E-state index in [0.29, 0.717) is 12.5 Å². The van der Waals surface area contributed by atoms with E-state index in [-0.39, 0.29) is 5.91 Å². The fraction of sp³-hybridized carbons (Fsp3) is 0.556. The second-order valence-electron chi connectivity index (χ2n) is 8.48. The first kappa shape index (κ1) is 25.9. The molecule has 1 rings (SSSR count). The Morgan fingerprint density at radius 2 is 1.80 bits per heavy atom. The summed E-state index contributed by atoms with van der Waals surface area (Å²) in [5, 5.41) is 3.01. The van der Waals surface area contributed by atoms with Gasteiger partial charge in [0.25, 0.3) is 5.91 Å². The Bertz CT molecular complexity index is 716. The monoisotopic (exact) mass is 410 g/mol. The van der Waals surface area contributed by atoms with Gasteiger partial charge in [-0.15, -0.1) is 5.73 Å². The van der Waals surface area contributed by atoms with E-state index in [1.165, 1.54) is 24.0 Å². The van der Waals surface area contributed by atoms with Gasteiger partial charge in [-0.25, -0.2) is 0 Å². The normalized spacial score (nSPS) is 12.4. The lowest BCUT2D eigenvalue weighted by Crippen LogP contribution is -2.34. The molecular formula is C27H42N2O. The average Bonchev–Trinajstić information content (AvgIpc) is 2.71. The van der Waals surface area contributed by atoms with E-state index in [1.54, 1.807) is 0 Å². The molecule has 1 atom stereocenters. The molecule has 0 aliphatic carbocycles. The van der Waals surface area contributed by atoms with Crippen molar-refractivity contribution in [1.82, 2.24) is 10.2 Å². The smallest absolute Gasteiger partial charge is 0.251 e. The van der Waals surface area contributed by atoms with Gasteiger partial charge < -0.3 is 10.2 Å². The van der Waals surface area contributed by atoms with Crippen molar-refractivity contribution in [2.75, 3.05) is 26.2 Å². The third-order valence-electron chi connectivity index (χ3n) is 5.37. The fourth-order valence-corrected chi connectivity index (χ4v) is 3.37. The number of hydrogen-bond donors (Lipinski definition) is 1. The minimum Gasteiger partial charge on any atom is -0.351 e. The zero-order valence-electron chi connectivity index (χ0n) is 20.1. The number of carbonyl (C=O) groups is 1. The Kier molecular flexibility index (Phi) is 12.8. The Hall–Kier alpha value is -2.09. The number of benzene rings is 1. The minimum atomic E-state index is 0.00514. The summed E-state index contributed by atoms with van der Waals surface area (Å²) in [5.74, 6) is 0.703. The predicted octanol–water partition coefficient (Wildman–Crippen LogP) is 6.48. The van der Waals surface area contributed by atoms with E-state index in [1.807, 2.05) is 24.3 Å². The second kappa shape index (κ2) is 14.8. The average molecular weight is 411 g/mol. The molecule has 0 aliphatic heterocycles. The van der Waals surface area contributed by atoms with E-state index < -0.39 is 0 Å². The lowest BCUT2D eigenvalue weighted by molar-refractivity contribution is 0.0949. The topological polar surface area (TPSA) is 32.3 Å².